The Bertz CT molecular complexity index is 630. The van der Waals surface area contributed by atoms with Crippen molar-refractivity contribution in [1.82, 2.24) is 10.6 Å². The summed E-state index contributed by atoms with van der Waals surface area (Å²) in [5, 5.41) is 8.21. The van der Waals surface area contributed by atoms with Gasteiger partial charge in [-0.05, 0) is 42.1 Å². The topological polar surface area (TPSA) is 58.2 Å². The maximum atomic E-state index is 11.7. The highest BCUT2D eigenvalue weighted by Gasteiger charge is 2.05. The van der Waals surface area contributed by atoms with E-state index in [0.29, 0.717) is 35.2 Å². The quantitative estimate of drug-likeness (QED) is 0.554. The molecule has 0 fully saturated rings. The molecule has 0 unspecified atom stereocenters. The monoisotopic (exact) mass is 368 g/mol. The molecule has 0 saturated heterocycles. The van der Waals surface area contributed by atoms with Crippen molar-refractivity contribution in [2.45, 2.75) is 11.3 Å². The van der Waals surface area contributed by atoms with Gasteiger partial charge in [-0.3, -0.25) is 9.59 Å². The minimum Gasteiger partial charge on any atom is -0.355 e. The smallest absolute Gasteiger partial charge is 0.261 e. The zero-order valence-electron chi connectivity index (χ0n) is 12.4. The standard InChI is InChI=1S/C16H17ClN2O2S2/c17-12-4-6-13(7-5-12)23-11-15(20)18-8-2-9-19-16(21)14-3-1-10-22-14/h1,3-7,10H,2,8-9,11H2,(H,18,20)(H,19,21). The number of carbonyl (C=O) groups excluding carboxylic acids is 2. The van der Waals surface area contributed by atoms with Gasteiger partial charge in [-0.25, -0.2) is 0 Å². The van der Waals surface area contributed by atoms with Crippen LogP contribution in [0.15, 0.2) is 46.7 Å². The molecule has 0 atom stereocenters. The Hall–Kier alpha value is -1.50. The average molecular weight is 369 g/mol. The first-order chi connectivity index (χ1) is 11.1. The Morgan fingerprint density at radius 3 is 2.52 bits per heavy atom. The van der Waals surface area contributed by atoms with Gasteiger partial charge in [0.25, 0.3) is 5.91 Å². The van der Waals surface area contributed by atoms with Crippen LogP contribution in [0.2, 0.25) is 5.02 Å². The van der Waals surface area contributed by atoms with Crippen LogP contribution in [0.3, 0.4) is 0 Å². The van der Waals surface area contributed by atoms with Crippen molar-refractivity contribution in [2.75, 3.05) is 18.8 Å². The second-order valence-corrected chi connectivity index (χ2v) is 7.11. The summed E-state index contributed by atoms with van der Waals surface area (Å²) in [5.74, 6) is 0.280. The number of hydrogen-bond donors (Lipinski definition) is 2. The normalized spacial score (nSPS) is 10.3. The predicted octanol–water partition coefficient (Wildman–Crippen LogP) is 3.43. The van der Waals surface area contributed by atoms with E-state index >= 15 is 0 Å². The van der Waals surface area contributed by atoms with Crippen LogP contribution in [-0.2, 0) is 4.79 Å². The maximum Gasteiger partial charge on any atom is 0.261 e. The first-order valence-corrected chi connectivity index (χ1v) is 9.36. The molecule has 0 saturated carbocycles. The molecule has 2 rings (SSSR count). The largest absolute Gasteiger partial charge is 0.355 e. The van der Waals surface area contributed by atoms with Gasteiger partial charge in [0.2, 0.25) is 5.91 Å². The first-order valence-electron chi connectivity index (χ1n) is 7.12. The summed E-state index contributed by atoms with van der Waals surface area (Å²) in [6.45, 7) is 1.09. The summed E-state index contributed by atoms with van der Waals surface area (Å²) < 4.78 is 0. The van der Waals surface area contributed by atoms with E-state index < -0.39 is 0 Å². The maximum absolute atomic E-state index is 11.7. The Morgan fingerprint density at radius 1 is 1.09 bits per heavy atom. The number of halogens is 1. The van der Waals surface area contributed by atoms with Gasteiger partial charge in [0.05, 0.1) is 10.6 Å². The highest BCUT2D eigenvalue weighted by molar-refractivity contribution is 8.00. The van der Waals surface area contributed by atoms with Crippen LogP contribution in [0.1, 0.15) is 16.1 Å². The molecule has 0 spiro atoms. The highest BCUT2D eigenvalue weighted by Crippen LogP contribution is 2.19. The zero-order chi connectivity index (χ0) is 16.5. The van der Waals surface area contributed by atoms with E-state index in [9.17, 15) is 9.59 Å². The van der Waals surface area contributed by atoms with E-state index in [2.05, 4.69) is 10.6 Å². The number of thiophene rings is 1. The number of rotatable bonds is 8. The van der Waals surface area contributed by atoms with E-state index in [1.807, 2.05) is 23.6 Å². The van der Waals surface area contributed by atoms with Gasteiger partial charge in [-0.1, -0.05) is 17.7 Å². The molecule has 122 valence electrons. The SMILES string of the molecule is O=C(CSc1ccc(Cl)cc1)NCCCNC(=O)c1cccs1. The van der Waals surface area contributed by atoms with Crippen LogP contribution in [0, 0.1) is 0 Å². The van der Waals surface area contributed by atoms with Crippen LogP contribution in [0.5, 0.6) is 0 Å². The minimum absolute atomic E-state index is 0.0190. The molecule has 2 N–H and O–H groups in total. The second kappa shape index (κ2) is 9.60. The van der Waals surface area contributed by atoms with Gasteiger partial charge in [0, 0.05) is 23.0 Å². The van der Waals surface area contributed by atoms with Crippen molar-refractivity contribution >= 4 is 46.5 Å². The highest BCUT2D eigenvalue weighted by atomic mass is 35.5. The molecule has 0 radical (unpaired) electrons. The van der Waals surface area contributed by atoms with Gasteiger partial charge in [0.15, 0.2) is 0 Å². The van der Waals surface area contributed by atoms with Crippen LogP contribution in [0.4, 0.5) is 0 Å². The fourth-order valence-corrected chi connectivity index (χ4v) is 3.24. The lowest BCUT2D eigenvalue weighted by atomic mass is 10.4. The van der Waals surface area contributed by atoms with Crippen molar-refractivity contribution in [3.8, 4) is 0 Å². The minimum atomic E-state index is -0.0652. The average Bonchev–Trinajstić information content (AvgIpc) is 3.08. The molecule has 1 heterocycles. The Kier molecular flexibility index (Phi) is 7.45. The molecule has 1 aromatic heterocycles. The van der Waals surface area contributed by atoms with Gasteiger partial charge in [-0.2, -0.15) is 0 Å². The summed E-state index contributed by atoms with van der Waals surface area (Å²) in [6.07, 6.45) is 0.703. The molecule has 7 heteroatoms. The van der Waals surface area contributed by atoms with E-state index in [1.54, 1.807) is 18.2 Å². The third-order valence-electron chi connectivity index (χ3n) is 2.89. The summed E-state index contributed by atoms with van der Waals surface area (Å²) in [6, 6.07) is 11.0. The fourth-order valence-electron chi connectivity index (χ4n) is 1.74. The summed E-state index contributed by atoms with van der Waals surface area (Å²) >= 11 is 8.69. The van der Waals surface area contributed by atoms with E-state index in [-0.39, 0.29) is 11.8 Å². The number of nitrogens with one attached hydrogen (secondary N) is 2. The van der Waals surface area contributed by atoms with Gasteiger partial charge in [-0.15, -0.1) is 23.1 Å². The number of carbonyl (C=O) groups is 2. The van der Waals surface area contributed by atoms with Crippen molar-refractivity contribution in [1.29, 1.82) is 0 Å². The van der Waals surface area contributed by atoms with Crippen molar-refractivity contribution in [3.05, 3.63) is 51.7 Å². The van der Waals surface area contributed by atoms with Crippen molar-refractivity contribution in [2.24, 2.45) is 0 Å². The summed E-state index contributed by atoms with van der Waals surface area (Å²) in [5.41, 5.74) is 0. The lowest BCUT2D eigenvalue weighted by Gasteiger charge is -2.06. The lowest BCUT2D eigenvalue weighted by Crippen LogP contribution is -2.30. The van der Waals surface area contributed by atoms with Crippen LogP contribution in [-0.4, -0.2) is 30.7 Å². The molecular formula is C16H17ClN2O2S2. The number of benzene rings is 1. The third-order valence-corrected chi connectivity index (χ3v) is 5.02. The first kappa shape index (κ1) is 17.8. The number of hydrogen-bond acceptors (Lipinski definition) is 4. The molecule has 1 aromatic carbocycles. The van der Waals surface area contributed by atoms with Crippen LogP contribution in [0.25, 0.3) is 0 Å². The Balaban J connectivity index is 1.54. The molecule has 2 aromatic rings. The van der Waals surface area contributed by atoms with E-state index in [1.165, 1.54) is 23.1 Å². The second-order valence-electron chi connectivity index (χ2n) is 4.68. The van der Waals surface area contributed by atoms with E-state index in [4.69, 9.17) is 11.6 Å². The predicted molar refractivity (Wildman–Crippen MR) is 96.5 cm³/mol. The summed E-state index contributed by atoms with van der Waals surface area (Å²) in [4.78, 5) is 25.1. The molecule has 4 nitrogen and oxygen atoms in total. The molecule has 0 aliphatic carbocycles. The Labute approximate surface area is 148 Å². The number of thioether (sulfide) groups is 1. The zero-order valence-corrected chi connectivity index (χ0v) is 14.8. The van der Waals surface area contributed by atoms with Crippen molar-refractivity contribution in [3.63, 3.8) is 0 Å². The molecule has 0 aliphatic heterocycles. The summed E-state index contributed by atoms with van der Waals surface area (Å²) in [7, 11) is 0. The fraction of sp³-hybridized carbons (Fsp3) is 0.250. The molecule has 0 aliphatic rings. The molecule has 2 amide bonds. The molecule has 23 heavy (non-hydrogen) atoms. The van der Waals surface area contributed by atoms with Crippen LogP contribution < -0.4 is 10.6 Å². The molecular weight excluding hydrogens is 352 g/mol. The van der Waals surface area contributed by atoms with Crippen LogP contribution >= 0.6 is 34.7 Å². The van der Waals surface area contributed by atoms with Gasteiger partial charge < -0.3 is 10.6 Å². The third kappa shape index (κ3) is 6.64. The Morgan fingerprint density at radius 2 is 1.83 bits per heavy atom. The molecule has 0 bridgehead atoms. The van der Waals surface area contributed by atoms with Gasteiger partial charge >= 0.3 is 0 Å². The van der Waals surface area contributed by atoms with Crippen molar-refractivity contribution < 1.29 is 9.59 Å². The number of amides is 2. The lowest BCUT2D eigenvalue weighted by molar-refractivity contribution is -0.118. The van der Waals surface area contributed by atoms with E-state index in [0.717, 1.165) is 4.90 Å². The van der Waals surface area contributed by atoms with Gasteiger partial charge in [0.1, 0.15) is 0 Å².